The maximum absolute atomic E-state index is 12.6. The Hall–Kier alpha value is -1.27. The molecule has 0 amide bonds. The first-order valence-corrected chi connectivity index (χ1v) is 15.2. The van der Waals surface area contributed by atoms with Gasteiger partial charge in [0.25, 0.3) is 0 Å². The summed E-state index contributed by atoms with van der Waals surface area (Å²) in [4.78, 5) is 24.3. The second kappa shape index (κ2) is 17.5. The van der Waals surface area contributed by atoms with Gasteiger partial charge < -0.3 is 29.9 Å². The summed E-state index contributed by atoms with van der Waals surface area (Å²) < 4.78 is 11.2. The van der Waals surface area contributed by atoms with E-state index in [4.69, 9.17) is 9.47 Å². The molecule has 0 spiro atoms. The minimum atomic E-state index is -1.09. The Kier molecular flexibility index (Phi) is 16.1. The Morgan fingerprint density at radius 1 is 1.21 bits per heavy atom. The van der Waals surface area contributed by atoms with E-state index in [1.807, 2.05) is 52.0 Å². The van der Waals surface area contributed by atoms with Crippen LogP contribution in [0.3, 0.4) is 0 Å². The number of carbonyl (C=O) groups is 2. The Balaban J connectivity index is 3.06. The molecule has 11 unspecified atom stereocenters. The minimum absolute atomic E-state index is 0.0153. The molecule has 11 atom stereocenters. The van der Waals surface area contributed by atoms with E-state index in [0.717, 1.165) is 12.0 Å². The Labute approximate surface area is 247 Å². The number of aliphatic hydroxyl groups excluding tert-OH is 4. The number of carbonyl (C=O) groups excluding carboxylic acids is 2. The molecule has 224 valence electrons. The summed E-state index contributed by atoms with van der Waals surface area (Å²) in [5.74, 6) is -1.81. The monoisotopic (exact) mass is 664 g/mol. The van der Waals surface area contributed by atoms with Gasteiger partial charge in [-0.2, -0.15) is 0 Å². The number of alkyl halides is 1. The predicted octanol–water partition coefficient (Wildman–Crippen LogP) is 4.27. The third-order valence-corrected chi connectivity index (χ3v) is 8.71. The lowest BCUT2D eigenvalue weighted by Gasteiger charge is -2.29. The molecule has 8 nitrogen and oxygen atoms in total. The van der Waals surface area contributed by atoms with Crippen LogP contribution in [0, 0.1) is 23.7 Å². The van der Waals surface area contributed by atoms with E-state index in [1.165, 1.54) is 6.92 Å². The lowest BCUT2D eigenvalue weighted by atomic mass is 9.90. The van der Waals surface area contributed by atoms with Gasteiger partial charge in [0.05, 0.1) is 30.8 Å². The molecular formula is C30H49IO8. The van der Waals surface area contributed by atoms with Crippen LogP contribution in [0.25, 0.3) is 0 Å². The topological polar surface area (TPSA) is 134 Å². The lowest BCUT2D eigenvalue weighted by Crippen LogP contribution is -2.36. The summed E-state index contributed by atoms with van der Waals surface area (Å²) in [6, 6.07) is 0. The van der Waals surface area contributed by atoms with Gasteiger partial charge in [-0.05, 0) is 37.3 Å². The van der Waals surface area contributed by atoms with Crippen molar-refractivity contribution in [2.45, 2.75) is 115 Å². The fourth-order valence-corrected chi connectivity index (χ4v) is 6.14. The molecule has 1 aliphatic heterocycles. The van der Waals surface area contributed by atoms with Crippen molar-refractivity contribution in [2.75, 3.05) is 0 Å². The second-order valence-corrected chi connectivity index (χ2v) is 12.7. The van der Waals surface area contributed by atoms with Crippen LogP contribution in [0.5, 0.6) is 0 Å². The highest BCUT2D eigenvalue weighted by Gasteiger charge is 2.31. The first-order valence-electron chi connectivity index (χ1n) is 13.9. The molecule has 39 heavy (non-hydrogen) atoms. The van der Waals surface area contributed by atoms with Crippen molar-refractivity contribution >= 4 is 34.5 Å². The van der Waals surface area contributed by atoms with E-state index >= 15 is 0 Å². The summed E-state index contributed by atoms with van der Waals surface area (Å²) in [7, 11) is 0. The number of cyclic esters (lactones) is 1. The highest BCUT2D eigenvalue weighted by molar-refractivity contribution is 14.1. The number of hydrogen-bond donors (Lipinski definition) is 4. The fourth-order valence-electron chi connectivity index (χ4n) is 4.69. The van der Waals surface area contributed by atoms with E-state index in [1.54, 1.807) is 13.0 Å². The van der Waals surface area contributed by atoms with Crippen molar-refractivity contribution in [3.8, 4) is 0 Å². The molecule has 0 bridgehead atoms. The van der Waals surface area contributed by atoms with Crippen molar-refractivity contribution < 1.29 is 39.5 Å². The number of hydrogen-bond acceptors (Lipinski definition) is 8. The molecule has 0 aliphatic carbocycles. The molecule has 0 aromatic rings. The average Bonchev–Trinajstić information content (AvgIpc) is 2.86. The molecular weight excluding hydrogens is 615 g/mol. The van der Waals surface area contributed by atoms with Gasteiger partial charge in [0.15, 0.2) is 0 Å². The normalized spacial score (nSPS) is 31.4. The molecule has 1 aliphatic rings. The zero-order chi connectivity index (χ0) is 29.9. The van der Waals surface area contributed by atoms with Crippen LogP contribution < -0.4 is 0 Å². The van der Waals surface area contributed by atoms with Crippen molar-refractivity contribution in [3.05, 3.63) is 36.0 Å². The average molecular weight is 665 g/mol. The number of ether oxygens (including phenoxy) is 2. The number of aliphatic hydroxyl groups is 4. The first kappa shape index (κ1) is 35.8. The van der Waals surface area contributed by atoms with Crippen molar-refractivity contribution in [3.63, 3.8) is 0 Å². The largest absolute Gasteiger partial charge is 0.458 e. The van der Waals surface area contributed by atoms with Crippen molar-refractivity contribution in [2.24, 2.45) is 23.7 Å². The van der Waals surface area contributed by atoms with Gasteiger partial charge in [-0.3, -0.25) is 9.59 Å². The van der Waals surface area contributed by atoms with Crippen LogP contribution in [0.15, 0.2) is 36.0 Å². The third kappa shape index (κ3) is 12.4. The van der Waals surface area contributed by atoms with Crippen LogP contribution >= 0.6 is 22.6 Å². The van der Waals surface area contributed by atoms with E-state index < -0.39 is 54.5 Å². The van der Waals surface area contributed by atoms with Crippen LogP contribution in [0.1, 0.15) is 74.1 Å². The zero-order valence-corrected chi connectivity index (χ0v) is 26.5. The summed E-state index contributed by atoms with van der Waals surface area (Å²) in [5.41, 5.74) is 0.804. The van der Waals surface area contributed by atoms with Gasteiger partial charge in [0, 0.05) is 35.0 Å². The van der Waals surface area contributed by atoms with Gasteiger partial charge in [-0.25, -0.2) is 0 Å². The van der Waals surface area contributed by atoms with Crippen LogP contribution in [0.4, 0.5) is 0 Å². The van der Waals surface area contributed by atoms with Gasteiger partial charge in [0.1, 0.15) is 12.2 Å². The standard InChI is InChI=1S/C30H49IO8/c1-8-25(34)21(6)29(37)24(31)14-17(2)10-9-11-18(3)30-19(4)12-13-27(38-22(7)32)20(5)26(35)15-23(33)16-28(36)39-30/h9-13,17,19-21,23-27,29-30,33-35,37H,8,14-16H2,1-7H3. The highest BCUT2D eigenvalue weighted by atomic mass is 127. The third-order valence-electron chi connectivity index (χ3n) is 7.46. The molecule has 1 heterocycles. The quantitative estimate of drug-likeness (QED) is 0.0895. The molecule has 0 radical (unpaired) electrons. The molecule has 0 saturated carbocycles. The molecule has 0 aromatic carbocycles. The number of halogens is 1. The molecule has 9 heteroatoms. The van der Waals surface area contributed by atoms with Gasteiger partial charge in [-0.15, -0.1) is 0 Å². The van der Waals surface area contributed by atoms with Crippen molar-refractivity contribution in [1.82, 2.24) is 0 Å². The molecule has 0 aromatic heterocycles. The first-order chi connectivity index (χ1) is 18.2. The van der Waals surface area contributed by atoms with Gasteiger partial charge in [-0.1, -0.05) is 81.5 Å². The van der Waals surface area contributed by atoms with Gasteiger partial charge in [0.2, 0.25) is 0 Å². The smallest absolute Gasteiger partial charge is 0.309 e. The molecule has 0 saturated heterocycles. The van der Waals surface area contributed by atoms with E-state index in [-0.39, 0.29) is 34.5 Å². The van der Waals surface area contributed by atoms with Gasteiger partial charge >= 0.3 is 11.9 Å². The lowest BCUT2D eigenvalue weighted by molar-refractivity contribution is -0.151. The number of esters is 2. The maximum atomic E-state index is 12.6. The molecule has 0 fully saturated rings. The van der Waals surface area contributed by atoms with E-state index in [9.17, 15) is 30.0 Å². The summed E-state index contributed by atoms with van der Waals surface area (Å²) in [6.45, 7) is 12.6. The van der Waals surface area contributed by atoms with E-state index in [2.05, 4.69) is 29.5 Å². The maximum Gasteiger partial charge on any atom is 0.309 e. The van der Waals surface area contributed by atoms with Crippen LogP contribution in [-0.4, -0.2) is 72.9 Å². The Bertz CT molecular complexity index is 856. The Morgan fingerprint density at radius 3 is 2.44 bits per heavy atom. The number of rotatable bonds is 10. The Morgan fingerprint density at radius 2 is 1.85 bits per heavy atom. The highest BCUT2D eigenvalue weighted by Crippen LogP contribution is 2.27. The predicted molar refractivity (Wildman–Crippen MR) is 160 cm³/mol. The zero-order valence-electron chi connectivity index (χ0n) is 24.4. The summed E-state index contributed by atoms with van der Waals surface area (Å²) in [6.07, 6.45) is 5.93. The van der Waals surface area contributed by atoms with Crippen LogP contribution in [-0.2, 0) is 19.1 Å². The SMILES string of the molecule is CCC(O)C(C)C(O)C(I)CC(C)C=CC=C(C)C1OC(=O)CC(O)CC(O)C(C)C(OC(C)=O)C=CC1C. The van der Waals surface area contributed by atoms with E-state index in [0.29, 0.717) is 6.42 Å². The second-order valence-electron chi connectivity index (χ2n) is 11.1. The number of allylic oxidation sites excluding steroid dienone is 3. The minimum Gasteiger partial charge on any atom is -0.458 e. The fraction of sp³-hybridized carbons (Fsp3) is 0.733. The molecule has 1 rings (SSSR count). The summed E-state index contributed by atoms with van der Waals surface area (Å²) >= 11 is 2.24. The summed E-state index contributed by atoms with van der Waals surface area (Å²) in [5, 5.41) is 41.5. The van der Waals surface area contributed by atoms with Crippen LogP contribution in [0.2, 0.25) is 0 Å². The molecule has 4 N–H and O–H groups in total. The van der Waals surface area contributed by atoms with Crippen molar-refractivity contribution in [1.29, 1.82) is 0 Å².